The fourth-order valence-electron chi connectivity index (χ4n) is 0.974. The second-order valence-corrected chi connectivity index (χ2v) is 4.31. The van der Waals surface area contributed by atoms with Gasteiger partial charge in [-0.1, -0.05) is 28.1 Å². The van der Waals surface area contributed by atoms with E-state index < -0.39 is 6.67 Å². The van der Waals surface area contributed by atoms with Gasteiger partial charge in [0.05, 0.1) is 4.83 Å². The quantitative estimate of drug-likeness (QED) is 0.832. The van der Waals surface area contributed by atoms with Gasteiger partial charge in [0.2, 0.25) is 5.91 Å². The van der Waals surface area contributed by atoms with Gasteiger partial charge in [-0.3, -0.25) is 4.79 Å². The van der Waals surface area contributed by atoms with Crippen molar-refractivity contribution in [1.82, 2.24) is 0 Å². The molecule has 0 saturated carbocycles. The predicted molar refractivity (Wildman–Crippen MR) is 58.3 cm³/mol. The summed E-state index contributed by atoms with van der Waals surface area (Å²) < 4.78 is 12.3. The Balaban J connectivity index is 2.72. The van der Waals surface area contributed by atoms with E-state index in [1.54, 1.807) is 31.2 Å². The second-order valence-electron chi connectivity index (χ2n) is 2.94. The number of halogens is 2. The average molecular weight is 260 g/mol. The summed E-state index contributed by atoms with van der Waals surface area (Å²) >= 11 is 3.15. The van der Waals surface area contributed by atoms with E-state index in [1.165, 1.54) is 0 Å². The number of carbonyl (C=O) groups is 1. The molecule has 4 heteroatoms. The summed E-state index contributed by atoms with van der Waals surface area (Å²) in [5.74, 6) is -0.138. The van der Waals surface area contributed by atoms with Gasteiger partial charge >= 0.3 is 0 Å². The summed E-state index contributed by atoms with van der Waals surface area (Å²) in [6.45, 7) is 1.21. The first kappa shape index (κ1) is 11.2. The van der Waals surface area contributed by atoms with Crippen LogP contribution in [0.3, 0.4) is 0 Å². The van der Waals surface area contributed by atoms with Crippen LogP contribution in [-0.4, -0.2) is 10.7 Å². The third-order valence-electron chi connectivity index (χ3n) is 1.71. The summed E-state index contributed by atoms with van der Waals surface area (Å²) in [6.07, 6.45) is 0. The minimum absolute atomic E-state index is 0.138. The number of rotatable bonds is 3. The standard InChI is InChI=1S/C10H11BrFNO/c1-7(11)10(14)13-9-4-2-3-8(5-9)6-12/h2-5,7H,6H2,1H3,(H,13,14)/t7-/m0/s1. The Morgan fingerprint density at radius 3 is 2.93 bits per heavy atom. The lowest BCUT2D eigenvalue weighted by Gasteiger charge is -2.07. The molecule has 0 aliphatic carbocycles. The molecule has 0 unspecified atom stereocenters. The van der Waals surface area contributed by atoms with Crippen LogP contribution < -0.4 is 5.32 Å². The van der Waals surface area contributed by atoms with E-state index in [2.05, 4.69) is 21.2 Å². The zero-order valence-corrected chi connectivity index (χ0v) is 9.34. The largest absolute Gasteiger partial charge is 0.325 e. The van der Waals surface area contributed by atoms with E-state index in [0.717, 1.165) is 0 Å². The molecular formula is C10H11BrFNO. The number of nitrogens with one attached hydrogen (secondary N) is 1. The normalized spacial score (nSPS) is 12.2. The molecular weight excluding hydrogens is 249 g/mol. The number of alkyl halides is 2. The van der Waals surface area contributed by atoms with Gasteiger partial charge < -0.3 is 5.32 Å². The van der Waals surface area contributed by atoms with Crippen LogP contribution >= 0.6 is 15.9 Å². The molecule has 0 heterocycles. The summed E-state index contributed by atoms with van der Waals surface area (Å²) in [5.41, 5.74) is 1.18. The number of hydrogen-bond donors (Lipinski definition) is 1. The fourth-order valence-corrected chi connectivity index (χ4v) is 1.09. The number of benzene rings is 1. The topological polar surface area (TPSA) is 29.1 Å². The number of hydrogen-bond acceptors (Lipinski definition) is 1. The van der Waals surface area contributed by atoms with Crippen LogP contribution in [-0.2, 0) is 11.5 Å². The van der Waals surface area contributed by atoms with E-state index in [1.807, 2.05) is 0 Å². The highest BCUT2D eigenvalue weighted by atomic mass is 79.9. The molecule has 0 aliphatic rings. The molecule has 14 heavy (non-hydrogen) atoms. The van der Waals surface area contributed by atoms with Crippen molar-refractivity contribution < 1.29 is 9.18 Å². The molecule has 1 rings (SSSR count). The molecule has 1 amide bonds. The lowest BCUT2D eigenvalue weighted by molar-refractivity contribution is -0.115. The molecule has 1 N–H and O–H groups in total. The number of anilines is 1. The molecule has 0 saturated heterocycles. The Bertz CT molecular complexity index is 328. The van der Waals surface area contributed by atoms with E-state index >= 15 is 0 Å². The van der Waals surface area contributed by atoms with Crippen LogP contribution in [0.25, 0.3) is 0 Å². The van der Waals surface area contributed by atoms with E-state index in [4.69, 9.17) is 0 Å². The lowest BCUT2D eigenvalue weighted by atomic mass is 10.2. The van der Waals surface area contributed by atoms with Crippen molar-refractivity contribution in [3.63, 3.8) is 0 Å². The third kappa shape index (κ3) is 3.10. The van der Waals surface area contributed by atoms with Gasteiger partial charge in [-0.25, -0.2) is 4.39 Å². The monoisotopic (exact) mass is 259 g/mol. The van der Waals surface area contributed by atoms with Gasteiger partial charge in [-0.05, 0) is 24.6 Å². The molecule has 0 aliphatic heterocycles. The Kier molecular flexibility index (Phi) is 4.07. The van der Waals surface area contributed by atoms with Crippen molar-refractivity contribution in [2.24, 2.45) is 0 Å². The van der Waals surface area contributed by atoms with Gasteiger partial charge in [-0.15, -0.1) is 0 Å². The smallest absolute Gasteiger partial charge is 0.237 e. The van der Waals surface area contributed by atoms with Gasteiger partial charge in [0, 0.05) is 5.69 Å². The average Bonchev–Trinajstić information content (AvgIpc) is 2.18. The van der Waals surface area contributed by atoms with Gasteiger partial charge in [0.25, 0.3) is 0 Å². The minimum Gasteiger partial charge on any atom is -0.325 e. The number of amides is 1. The van der Waals surface area contributed by atoms with Crippen LogP contribution in [0.1, 0.15) is 12.5 Å². The highest BCUT2D eigenvalue weighted by Gasteiger charge is 2.08. The molecule has 0 bridgehead atoms. The molecule has 2 nitrogen and oxygen atoms in total. The van der Waals surface area contributed by atoms with Crippen molar-refractivity contribution in [2.45, 2.75) is 18.4 Å². The first-order chi connectivity index (χ1) is 6.63. The zero-order chi connectivity index (χ0) is 10.6. The Labute approximate surface area is 90.6 Å². The summed E-state index contributed by atoms with van der Waals surface area (Å²) in [5, 5.41) is 2.66. The van der Waals surface area contributed by atoms with Crippen LogP contribution in [0.5, 0.6) is 0 Å². The Morgan fingerprint density at radius 1 is 1.64 bits per heavy atom. The first-order valence-electron chi connectivity index (χ1n) is 4.23. The maximum absolute atomic E-state index is 12.3. The van der Waals surface area contributed by atoms with Gasteiger partial charge in [0.1, 0.15) is 6.67 Å². The maximum Gasteiger partial charge on any atom is 0.237 e. The van der Waals surface area contributed by atoms with Gasteiger partial charge in [0.15, 0.2) is 0 Å². The van der Waals surface area contributed by atoms with Crippen LogP contribution in [0.4, 0.5) is 10.1 Å². The molecule has 1 atom stereocenters. The molecule has 0 fully saturated rings. The van der Waals surface area contributed by atoms with Crippen molar-refractivity contribution in [3.8, 4) is 0 Å². The Morgan fingerprint density at radius 2 is 2.36 bits per heavy atom. The second kappa shape index (κ2) is 5.10. The van der Waals surface area contributed by atoms with Crippen molar-refractivity contribution >= 4 is 27.5 Å². The predicted octanol–water partition coefficient (Wildman–Crippen LogP) is 2.88. The molecule has 1 aromatic carbocycles. The maximum atomic E-state index is 12.3. The molecule has 0 spiro atoms. The lowest BCUT2D eigenvalue weighted by Crippen LogP contribution is -2.19. The van der Waals surface area contributed by atoms with E-state index in [9.17, 15) is 9.18 Å². The highest BCUT2D eigenvalue weighted by molar-refractivity contribution is 9.10. The summed E-state index contributed by atoms with van der Waals surface area (Å²) in [7, 11) is 0. The molecule has 1 aromatic rings. The Hall–Kier alpha value is -0.900. The van der Waals surface area contributed by atoms with E-state index in [0.29, 0.717) is 11.3 Å². The first-order valence-corrected chi connectivity index (χ1v) is 5.15. The van der Waals surface area contributed by atoms with Crippen LogP contribution in [0.15, 0.2) is 24.3 Å². The third-order valence-corrected chi connectivity index (χ3v) is 2.13. The van der Waals surface area contributed by atoms with Gasteiger partial charge in [-0.2, -0.15) is 0 Å². The highest BCUT2D eigenvalue weighted by Crippen LogP contribution is 2.12. The summed E-state index contributed by atoms with van der Waals surface area (Å²) in [4.78, 5) is 11.0. The van der Waals surface area contributed by atoms with Crippen molar-refractivity contribution in [3.05, 3.63) is 29.8 Å². The van der Waals surface area contributed by atoms with E-state index in [-0.39, 0.29) is 10.7 Å². The number of carbonyl (C=O) groups excluding carboxylic acids is 1. The SMILES string of the molecule is C[C@H](Br)C(=O)Nc1cccc(CF)c1. The molecule has 76 valence electrons. The zero-order valence-electron chi connectivity index (χ0n) is 7.76. The summed E-state index contributed by atoms with van der Waals surface area (Å²) in [6, 6.07) is 6.73. The molecule has 0 aromatic heterocycles. The fraction of sp³-hybridized carbons (Fsp3) is 0.300. The van der Waals surface area contributed by atoms with Crippen molar-refractivity contribution in [2.75, 3.05) is 5.32 Å². The van der Waals surface area contributed by atoms with Crippen molar-refractivity contribution in [1.29, 1.82) is 0 Å². The minimum atomic E-state index is -0.520. The van der Waals surface area contributed by atoms with Crippen LogP contribution in [0, 0.1) is 0 Å². The molecule has 0 radical (unpaired) electrons. The van der Waals surface area contributed by atoms with Crippen LogP contribution in [0.2, 0.25) is 0 Å².